The molecule has 0 fully saturated rings. The quantitative estimate of drug-likeness (QED) is 0.567. The maximum atomic E-state index is 13.2. The zero-order valence-corrected chi connectivity index (χ0v) is 14.9. The lowest BCUT2D eigenvalue weighted by Crippen LogP contribution is -2.18. The van der Waals surface area contributed by atoms with Gasteiger partial charge >= 0.3 is 0 Å². The number of aromatic nitrogens is 1. The minimum Gasteiger partial charge on any atom is -0.318 e. The Bertz CT molecular complexity index is 1040. The van der Waals surface area contributed by atoms with Gasteiger partial charge in [-0.05, 0) is 61.9 Å². The molecular weight excluding hydrogens is 343 g/mol. The van der Waals surface area contributed by atoms with Crippen LogP contribution in [0.4, 0.5) is 4.39 Å². The highest BCUT2D eigenvalue weighted by Crippen LogP contribution is 2.21. The first-order chi connectivity index (χ1) is 13.0. The second-order valence-corrected chi connectivity index (χ2v) is 6.03. The molecule has 1 N–H and O–H groups in total. The number of carbonyl (C=O) groups excluding carboxylic acids is 1. The van der Waals surface area contributed by atoms with E-state index in [2.05, 4.69) is 10.5 Å². The summed E-state index contributed by atoms with van der Waals surface area (Å²) in [6.45, 7) is 3.71. The van der Waals surface area contributed by atoms with Gasteiger partial charge in [0.05, 0.1) is 23.4 Å². The van der Waals surface area contributed by atoms with Crippen LogP contribution in [0, 0.1) is 31.0 Å². The molecule has 3 aromatic rings. The summed E-state index contributed by atoms with van der Waals surface area (Å²) in [6, 6.07) is 16.8. The maximum Gasteiger partial charge on any atom is 0.273 e. The summed E-state index contributed by atoms with van der Waals surface area (Å²) in [5.74, 6) is -0.641. The molecular formula is C21H17FN4O. The fraction of sp³-hybridized carbons (Fsp3) is 0.0952. The van der Waals surface area contributed by atoms with Gasteiger partial charge in [-0.15, -0.1) is 0 Å². The normalized spacial score (nSPS) is 10.7. The minimum absolute atomic E-state index is 0.309. The van der Waals surface area contributed by atoms with Crippen molar-refractivity contribution in [2.75, 3.05) is 0 Å². The summed E-state index contributed by atoms with van der Waals surface area (Å²) >= 11 is 0. The average molecular weight is 360 g/mol. The standard InChI is InChI=1S/C21H17FN4O/c1-14-11-20(15(2)26(14)19-9-7-18(22)8-10-19)21(27)25-24-13-17-5-3-16(12-23)4-6-17/h3-11,13H,1-2H3,(H,25,27). The van der Waals surface area contributed by atoms with Crippen LogP contribution in [0.15, 0.2) is 59.7 Å². The highest BCUT2D eigenvalue weighted by atomic mass is 19.1. The van der Waals surface area contributed by atoms with Gasteiger partial charge < -0.3 is 4.57 Å². The Morgan fingerprint density at radius 1 is 1.15 bits per heavy atom. The van der Waals surface area contributed by atoms with Crippen LogP contribution in [-0.4, -0.2) is 16.7 Å². The number of rotatable bonds is 4. The fourth-order valence-electron chi connectivity index (χ4n) is 2.85. The second-order valence-electron chi connectivity index (χ2n) is 6.03. The van der Waals surface area contributed by atoms with Gasteiger partial charge in [0.15, 0.2) is 0 Å². The van der Waals surface area contributed by atoms with Crippen LogP contribution in [0.1, 0.15) is 32.9 Å². The number of hydrazone groups is 1. The third-order valence-corrected chi connectivity index (χ3v) is 4.18. The lowest BCUT2D eigenvalue weighted by molar-refractivity contribution is 0.0954. The highest BCUT2D eigenvalue weighted by Gasteiger charge is 2.16. The van der Waals surface area contributed by atoms with E-state index >= 15 is 0 Å². The average Bonchev–Trinajstić information content (AvgIpc) is 2.97. The molecule has 0 aliphatic rings. The van der Waals surface area contributed by atoms with E-state index in [1.165, 1.54) is 18.3 Å². The molecule has 0 radical (unpaired) electrons. The Kier molecular flexibility index (Phi) is 5.13. The third-order valence-electron chi connectivity index (χ3n) is 4.18. The van der Waals surface area contributed by atoms with Crippen molar-refractivity contribution in [3.05, 3.63) is 88.5 Å². The van der Waals surface area contributed by atoms with E-state index < -0.39 is 0 Å². The molecule has 134 valence electrons. The summed E-state index contributed by atoms with van der Waals surface area (Å²) in [6.07, 6.45) is 1.51. The maximum absolute atomic E-state index is 13.2. The molecule has 0 saturated carbocycles. The highest BCUT2D eigenvalue weighted by molar-refractivity contribution is 5.96. The summed E-state index contributed by atoms with van der Waals surface area (Å²) in [4.78, 5) is 12.5. The van der Waals surface area contributed by atoms with Crippen molar-refractivity contribution in [2.45, 2.75) is 13.8 Å². The molecule has 1 amide bonds. The Hall–Kier alpha value is -3.72. The number of halogens is 1. The van der Waals surface area contributed by atoms with Crippen molar-refractivity contribution in [1.29, 1.82) is 5.26 Å². The molecule has 0 bridgehead atoms. The Morgan fingerprint density at radius 2 is 1.81 bits per heavy atom. The van der Waals surface area contributed by atoms with E-state index in [-0.39, 0.29) is 11.7 Å². The molecule has 5 nitrogen and oxygen atoms in total. The van der Waals surface area contributed by atoms with Gasteiger partial charge in [-0.3, -0.25) is 4.79 Å². The van der Waals surface area contributed by atoms with E-state index in [4.69, 9.17) is 5.26 Å². The number of amides is 1. The Labute approximate surface area is 156 Å². The lowest BCUT2D eigenvalue weighted by atomic mass is 10.2. The van der Waals surface area contributed by atoms with E-state index in [9.17, 15) is 9.18 Å². The number of hydrogen-bond acceptors (Lipinski definition) is 3. The topological polar surface area (TPSA) is 70.2 Å². The summed E-state index contributed by atoms with van der Waals surface area (Å²) in [7, 11) is 0. The molecule has 3 rings (SSSR count). The van der Waals surface area contributed by atoms with Crippen molar-refractivity contribution in [3.63, 3.8) is 0 Å². The molecule has 0 unspecified atom stereocenters. The summed E-state index contributed by atoms with van der Waals surface area (Å²) < 4.78 is 15.0. The van der Waals surface area contributed by atoms with Gasteiger partial charge in [0.1, 0.15) is 5.82 Å². The van der Waals surface area contributed by atoms with Crippen LogP contribution >= 0.6 is 0 Å². The van der Waals surface area contributed by atoms with Crippen molar-refractivity contribution >= 4 is 12.1 Å². The molecule has 2 aromatic carbocycles. The third kappa shape index (κ3) is 3.93. The Morgan fingerprint density at radius 3 is 2.44 bits per heavy atom. The Balaban J connectivity index is 1.77. The van der Waals surface area contributed by atoms with Gasteiger partial charge in [0, 0.05) is 17.1 Å². The van der Waals surface area contributed by atoms with E-state index in [1.54, 1.807) is 42.5 Å². The second kappa shape index (κ2) is 7.67. The van der Waals surface area contributed by atoms with Crippen LogP contribution in [0.3, 0.4) is 0 Å². The molecule has 0 spiro atoms. The van der Waals surface area contributed by atoms with Crippen molar-refractivity contribution in [3.8, 4) is 11.8 Å². The summed E-state index contributed by atoms with van der Waals surface area (Å²) in [5.41, 5.74) is 6.72. The first-order valence-corrected chi connectivity index (χ1v) is 8.28. The van der Waals surface area contributed by atoms with Crippen molar-refractivity contribution < 1.29 is 9.18 Å². The molecule has 1 aromatic heterocycles. The zero-order valence-electron chi connectivity index (χ0n) is 14.9. The number of benzene rings is 2. The number of carbonyl (C=O) groups is 1. The number of nitrogens with one attached hydrogen (secondary N) is 1. The number of nitriles is 1. The molecule has 0 saturated heterocycles. The number of aryl methyl sites for hydroxylation is 1. The number of hydrogen-bond donors (Lipinski definition) is 1. The summed E-state index contributed by atoms with van der Waals surface area (Å²) in [5, 5.41) is 12.8. The molecule has 1 heterocycles. The first-order valence-electron chi connectivity index (χ1n) is 8.28. The SMILES string of the molecule is Cc1cc(C(=O)NN=Cc2ccc(C#N)cc2)c(C)n1-c1ccc(F)cc1. The van der Waals surface area contributed by atoms with Gasteiger partial charge in [-0.25, -0.2) is 9.82 Å². The van der Waals surface area contributed by atoms with Gasteiger partial charge in [-0.1, -0.05) is 12.1 Å². The van der Waals surface area contributed by atoms with Crippen molar-refractivity contribution in [2.24, 2.45) is 5.10 Å². The van der Waals surface area contributed by atoms with Gasteiger partial charge in [0.25, 0.3) is 5.91 Å². The van der Waals surface area contributed by atoms with Gasteiger partial charge in [-0.2, -0.15) is 10.4 Å². The lowest BCUT2D eigenvalue weighted by Gasteiger charge is -2.09. The molecule has 0 aliphatic carbocycles. The smallest absolute Gasteiger partial charge is 0.273 e. The molecule has 6 heteroatoms. The molecule has 0 atom stereocenters. The fourth-order valence-corrected chi connectivity index (χ4v) is 2.85. The van der Waals surface area contributed by atoms with E-state index in [1.807, 2.05) is 24.5 Å². The van der Waals surface area contributed by atoms with Gasteiger partial charge in [0.2, 0.25) is 0 Å². The monoisotopic (exact) mass is 360 g/mol. The number of nitrogens with zero attached hydrogens (tertiary/aromatic N) is 3. The first kappa shape index (κ1) is 18.1. The predicted octanol–water partition coefficient (Wildman–Crippen LogP) is 3.87. The largest absolute Gasteiger partial charge is 0.318 e. The zero-order chi connectivity index (χ0) is 19.4. The molecule has 0 aliphatic heterocycles. The predicted molar refractivity (Wildman–Crippen MR) is 101 cm³/mol. The van der Waals surface area contributed by atoms with Crippen LogP contribution in [0.25, 0.3) is 5.69 Å². The molecule has 27 heavy (non-hydrogen) atoms. The van der Waals surface area contributed by atoms with E-state index in [0.29, 0.717) is 11.1 Å². The van der Waals surface area contributed by atoms with E-state index in [0.717, 1.165) is 22.6 Å². The van der Waals surface area contributed by atoms with Crippen LogP contribution in [0.5, 0.6) is 0 Å². The van der Waals surface area contributed by atoms with Crippen LogP contribution in [-0.2, 0) is 0 Å². The van der Waals surface area contributed by atoms with Crippen LogP contribution < -0.4 is 5.43 Å². The van der Waals surface area contributed by atoms with Crippen molar-refractivity contribution in [1.82, 2.24) is 9.99 Å². The van der Waals surface area contributed by atoms with Crippen LogP contribution in [0.2, 0.25) is 0 Å². The minimum atomic E-state index is -0.332.